The van der Waals surface area contributed by atoms with Gasteiger partial charge in [-0.2, -0.15) is 0 Å². The zero-order valence-corrected chi connectivity index (χ0v) is 15.1. The van der Waals surface area contributed by atoms with Gasteiger partial charge in [0.1, 0.15) is 10.8 Å². The average Bonchev–Trinajstić information content (AvgIpc) is 3.06. The number of rotatable bonds is 5. The molecule has 0 bridgehead atoms. The van der Waals surface area contributed by atoms with Gasteiger partial charge in [0.05, 0.1) is 17.8 Å². The van der Waals surface area contributed by atoms with Gasteiger partial charge in [0.25, 0.3) is 0 Å². The second-order valence-electron chi connectivity index (χ2n) is 5.54. The largest absolute Gasteiger partial charge is 0.323 e. The second-order valence-corrected chi connectivity index (χ2v) is 6.84. The number of hydrogen-bond donors (Lipinski definition) is 1. The SMILES string of the molecule is CCc1ccc(-c2nc(CC(=O)Nc3cc(Cl)ccc3F)cs2)cc1. The Morgan fingerprint density at radius 1 is 1.24 bits per heavy atom. The van der Waals surface area contributed by atoms with E-state index in [1.807, 2.05) is 17.5 Å². The van der Waals surface area contributed by atoms with Gasteiger partial charge in [-0.05, 0) is 30.2 Å². The minimum atomic E-state index is -0.521. The molecule has 0 atom stereocenters. The molecule has 0 saturated heterocycles. The van der Waals surface area contributed by atoms with Crippen molar-refractivity contribution in [1.82, 2.24) is 4.98 Å². The standard InChI is InChI=1S/C19H16ClFN2OS/c1-2-12-3-5-13(6-4-12)19-22-15(11-25-19)10-18(24)23-17-9-14(20)7-8-16(17)21/h3-9,11H,2,10H2,1H3,(H,23,24). The Morgan fingerprint density at radius 3 is 2.72 bits per heavy atom. The first-order valence-electron chi connectivity index (χ1n) is 7.83. The minimum absolute atomic E-state index is 0.0723. The van der Waals surface area contributed by atoms with E-state index in [4.69, 9.17) is 11.6 Å². The van der Waals surface area contributed by atoms with Gasteiger partial charge in [0, 0.05) is 16.0 Å². The van der Waals surface area contributed by atoms with Crippen molar-refractivity contribution in [2.75, 3.05) is 5.32 Å². The fourth-order valence-corrected chi connectivity index (χ4v) is 3.35. The van der Waals surface area contributed by atoms with Crippen LogP contribution < -0.4 is 5.32 Å². The van der Waals surface area contributed by atoms with Crippen LogP contribution in [0.15, 0.2) is 47.8 Å². The highest BCUT2D eigenvalue weighted by Gasteiger charge is 2.11. The first kappa shape index (κ1) is 17.6. The monoisotopic (exact) mass is 374 g/mol. The number of carbonyl (C=O) groups excluding carboxylic acids is 1. The normalized spacial score (nSPS) is 10.7. The molecule has 25 heavy (non-hydrogen) atoms. The number of amides is 1. The summed E-state index contributed by atoms with van der Waals surface area (Å²) < 4.78 is 13.7. The van der Waals surface area contributed by atoms with Crippen LogP contribution in [0.1, 0.15) is 18.2 Å². The molecule has 1 aromatic heterocycles. The number of aryl methyl sites for hydroxylation is 1. The van der Waals surface area contributed by atoms with Crippen molar-refractivity contribution in [3.63, 3.8) is 0 Å². The number of thiazole rings is 1. The lowest BCUT2D eigenvalue weighted by atomic mass is 10.1. The number of nitrogens with one attached hydrogen (secondary N) is 1. The van der Waals surface area contributed by atoms with Crippen molar-refractivity contribution in [1.29, 1.82) is 0 Å². The Kier molecular flexibility index (Phi) is 5.46. The molecule has 3 rings (SSSR count). The van der Waals surface area contributed by atoms with Crippen LogP contribution >= 0.6 is 22.9 Å². The molecular weight excluding hydrogens is 359 g/mol. The molecule has 0 aliphatic heterocycles. The molecule has 1 N–H and O–H groups in total. The van der Waals surface area contributed by atoms with Gasteiger partial charge in [-0.3, -0.25) is 4.79 Å². The quantitative estimate of drug-likeness (QED) is 0.654. The van der Waals surface area contributed by atoms with E-state index in [0.29, 0.717) is 10.7 Å². The molecule has 0 spiro atoms. The summed E-state index contributed by atoms with van der Waals surface area (Å²) in [7, 11) is 0. The van der Waals surface area contributed by atoms with E-state index in [1.54, 1.807) is 0 Å². The Bertz CT molecular complexity index is 893. The molecule has 0 aliphatic carbocycles. The molecule has 6 heteroatoms. The highest BCUT2D eigenvalue weighted by atomic mass is 35.5. The molecule has 0 saturated carbocycles. The number of nitrogens with zero attached hydrogens (tertiary/aromatic N) is 1. The molecule has 0 radical (unpaired) electrons. The van der Waals surface area contributed by atoms with Crippen molar-refractivity contribution in [3.05, 3.63) is 69.9 Å². The number of halogens is 2. The predicted octanol–water partition coefficient (Wildman–Crippen LogP) is 5.35. The average molecular weight is 375 g/mol. The van der Waals surface area contributed by atoms with Gasteiger partial charge in [-0.15, -0.1) is 11.3 Å². The number of hydrogen-bond acceptors (Lipinski definition) is 3. The van der Waals surface area contributed by atoms with Gasteiger partial charge in [-0.25, -0.2) is 9.37 Å². The fourth-order valence-electron chi connectivity index (χ4n) is 2.36. The van der Waals surface area contributed by atoms with Gasteiger partial charge >= 0.3 is 0 Å². The van der Waals surface area contributed by atoms with Crippen molar-refractivity contribution in [2.45, 2.75) is 19.8 Å². The van der Waals surface area contributed by atoms with Gasteiger partial charge in [0.15, 0.2) is 0 Å². The smallest absolute Gasteiger partial charge is 0.230 e. The summed E-state index contributed by atoms with van der Waals surface area (Å²) in [6.07, 6.45) is 1.07. The van der Waals surface area contributed by atoms with E-state index >= 15 is 0 Å². The third-order valence-electron chi connectivity index (χ3n) is 3.71. The topological polar surface area (TPSA) is 42.0 Å². The minimum Gasteiger partial charge on any atom is -0.323 e. The predicted molar refractivity (Wildman–Crippen MR) is 101 cm³/mol. The summed E-state index contributed by atoms with van der Waals surface area (Å²) in [5, 5.41) is 5.60. The second kappa shape index (κ2) is 7.76. The summed E-state index contributed by atoms with van der Waals surface area (Å²) in [6.45, 7) is 2.11. The first-order valence-corrected chi connectivity index (χ1v) is 9.09. The van der Waals surface area contributed by atoms with Crippen LogP contribution in [0.4, 0.5) is 10.1 Å². The van der Waals surface area contributed by atoms with Gasteiger partial charge in [-0.1, -0.05) is 42.8 Å². The summed E-state index contributed by atoms with van der Waals surface area (Å²) in [5.41, 5.74) is 3.01. The van der Waals surface area contributed by atoms with Crippen LogP contribution in [-0.2, 0) is 17.6 Å². The van der Waals surface area contributed by atoms with Crippen LogP contribution in [0, 0.1) is 5.82 Å². The molecule has 0 aliphatic rings. The summed E-state index contributed by atoms with van der Waals surface area (Å²) in [5.74, 6) is -0.855. The zero-order valence-electron chi connectivity index (χ0n) is 13.6. The number of anilines is 1. The van der Waals surface area contributed by atoms with Crippen molar-refractivity contribution in [3.8, 4) is 10.6 Å². The van der Waals surface area contributed by atoms with E-state index in [1.165, 1.54) is 35.1 Å². The van der Waals surface area contributed by atoms with E-state index < -0.39 is 5.82 Å². The van der Waals surface area contributed by atoms with Crippen molar-refractivity contribution < 1.29 is 9.18 Å². The van der Waals surface area contributed by atoms with E-state index in [2.05, 4.69) is 29.4 Å². The first-order chi connectivity index (χ1) is 12.0. The van der Waals surface area contributed by atoms with E-state index in [0.717, 1.165) is 17.0 Å². The molecule has 2 aromatic carbocycles. The van der Waals surface area contributed by atoms with Crippen molar-refractivity contribution in [2.24, 2.45) is 0 Å². The zero-order chi connectivity index (χ0) is 17.8. The van der Waals surface area contributed by atoms with E-state index in [9.17, 15) is 9.18 Å². The highest BCUT2D eigenvalue weighted by molar-refractivity contribution is 7.13. The maximum absolute atomic E-state index is 13.7. The fraction of sp³-hybridized carbons (Fsp3) is 0.158. The maximum Gasteiger partial charge on any atom is 0.230 e. The van der Waals surface area contributed by atoms with Crippen molar-refractivity contribution >= 4 is 34.5 Å². The third-order valence-corrected chi connectivity index (χ3v) is 4.88. The van der Waals surface area contributed by atoms with Crippen LogP contribution in [0.5, 0.6) is 0 Å². The number of benzene rings is 2. The number of carbonyl (C=O) groups is 1. The van der Waals surface area contributed by atoms with E-state index in [-0.39, 0.29) is 18.0 Å². The molecule has 128 valence electrons. The summed E-state index contributed by atoms with van der Waals surface area (Å²) >= 11 is 7.31. The van der Waals surface area contributed by atoms with Gasteiger partial charge < -0.3 is 5.32 Å². The molecule has 3 nitrogen and oxygen atoms in total. The molecule has 1 heterocycles. The molecule has 1 amide bonds. The lowest BCUT2D eigenvalue weighted by molar-refractivity contribution is -0.115. The molecule has 3 aromatic rings. The Morgan fingerprint density at radius 2 is 2.00 bits per heavy atom. The van der Waals surface area contributed by atoms with Gasteiger partial charge in [0.2, 0.25) is 5.91 Å². The lowest BCUT2D eigenvalue weighted by Crippen LogP contribution is -2.15. The Hall–Kier alpha value is -2.24. The Labute approximate surface area is 154 Å². The van der Waals surface area contributed by atoms with Crippen LogP contribution in [-0.4, -0.2) is 10.9 Å². The molecule has 0 unspecified atom stereocenters. The summed E-state index contributed by atoms with van der Waals surface area (Å²) in [4.78, 5) is 16.6. The van der Waals surface area contributed by atoms with Crippen LogP contribution in [0.3, 0.4) is 0 Å². The Balaban J connectivity index is 1.68. The maximum atomic E-state index is 13.7. The highest BCUT2D eigenvalue weighted by Crippen LogP contribution is 2.25. The third kappa shape index (κ3) is 4.44. The number of aromatic nitrogens is 1. The summed E-state index contributed by atoms with van der Waals surface area (Å²) in [6, 6.07) is 12.3. The lowest BCUT2D eigenvalue weighted by Gasteiger charge is -2.05. The van der Waals surface area contributed by atoms with Crippen LogP contribution in [0.25, 0.3) is 10.6 Å². The molecular formula is C19H16ClFN2OS. The van der Waals surface area contributed by atoms with Crippen LogP contribution in [0.2, 0.25) is 5.02 Å². The molecule has 0 fully saturated rings.